The molecule has 0 aliphatic heterocycles. The van der Waals surface area contributed by atoms with Crippen LogP contribution in [0, 0.1) is 5.41 Å². The summed E-state index contributed by atoms with van der Waals surface area (Å²) in [6, 6.07) is 1.74. The zero-order chi connectivity index (χ0) is 14.5. The van der Waals surface area contributed by atoms with Crippen LogP contribution < -0.4 is 5.43 Å². The number of aromatic nitrogens is 2. The molecule has 0 aliphatic rings. The first-order valence-corrected chi connectivity index (χ1v) is 6.97. The Morgan fingerprint density at radius 1 is 1.37 bits per heavy atom. The Bertz CT molecular complexity index is 453. The number of carbonyl (C=O) groups excluding carboxylic acids is 1. The normalized spacial score (nSPS) is 14.1. The van der Waals surface area contributed by atoms with Crippen molar-refractivity contribution in [2.75, 3.05) is 0 Å². The first-order valence-electron chi connectivity index (χ1n) is 6.09. The molecule has 6 heteroatoms. The number of rotatable bonds is 4. The molecular formula is C13H20N4OS. The van der Waals surface area contributed by atoms with Gasteiger partial charge in [0.25, 0.3) is 5.91 Å². The van der Waals surface area contributed by atoms with Crippen molar-refractivity contribution in [1.29, 1.82) is 0 Å². The molecule has 1 atom stereocenters. The van der Waals surface area contributed by atoms with E-state index in [1.54, 1.807) is 25.4 Å². The zero-order valence-electron chi connectivity index (χ0n) is 12.0. The molecule has 1 N–H and O–H groups in total. The number of nitrogens with zero attached hydrogens (tertiary/aromatic N) is 3. The minimum Gasteiger partial charge on any atom is -0.272 e. The fourth-order valence-electron chi connectivity index (χ4n) is 0.955. The Labute approximate surface area is 118 Å². The zero-order valence-corrected chi connectivity index (χ0v) is 12.8. The van der Waals surface area contributed by atoms with Crippen LogP contribution in [-0.2, 0) is 4.79 Å². The highest BCUT2D eigenvalue weighted by Gasteiger charge is 2.17. The van der Waals surface area contributed by atoms with E-state index in [9.17, 15) is 4.79 Å². The van der Waals surface area contributed by atoms with Gasteiger partial charge < -0.3 is 0 Å². The van der Waals surface area contributed by atoms with Gasteiger partial charge in [-0.15, -0.1) is 0 Å². The van der Waals surface area contributed by atoms with Gasteiger partial charge in [0.1, 0.15) is 0 Å². The molecule has 1 amide bonds. The van der Waals surface area contributed by atoms with Gasteiger partial charge in [0.2, 0.25) is 0 Å². The summed E-state index contributed by atoms with van der Waals surface area (Å²) in [7, 11) is 0. The third-order valence-electron chi connectivity index (χ3n) is 2.61. The maximum absolute atomic E-state index is 11.9. The average molecular weight is 280 g/mol. The van der Waals surface area contributed by atoms with Gasteiger partial charge in [-0.2, -0.15) is 5.10 Å². The van der Waals surface area contributed by atoms with Gasteiger partial charge in [-0.25, -0.2) is 15.4 Å². The van der Waals surface area contributed by atoms with Crippen LogP contribution in [0.25, 0.3) is 0 Å². The quantitative estimate of drug-likeness (QED) is 0.398. The van der Waals surface area contributed by atoms with E-state index in [1.807, 2.05) is 27.7 Å². The molecule has 0 aromatic carbocycles. The van der Waals surface area contributed by atoms with Crippen molar-refractivity contribution in [2.24, 2.45) is 10.5 Å². The lowest BCUT2D eigenvalue weighted by atomic mass is 9.91. The topological polar surface area (TPSA) is 67.2 Å². The van der Waals surface area contributed by atoms with Crippen LogP contribution in [-0.4, -0.2) is 26.8 Å². The van der Waals surface area contributed by atoms with E-state index in [-0.39, 0.29) is 16.6 Å². The van der Waals surface area contributed by atoms with Gasteiger partial charge in [0.15, 0.2) is 5.16 Å². The first-order chi connectivity index (χ1) is 8.80. The third kappa shape index (κ3) is 5.38. The van der Waals surface area contributed by atoms with Crippen LogP contribution in [0.2, 0.25) is 0 Å². The number of hydrazone groups is 1. The van der Waals surface area contributed by atoms with Gasteiger partial charge in [0, 0.05) is 23.5 Å². The van der Waals surface area contributed by atoms with Crippen molar-refractivity contribution in [3.8, 4) is 0 Å². The van der Waals surface area contributed by atoms with Crippen LogP contribution >= 0.6 is 11.8 Å². The Hall–Kier alpha value is -1.43. The highest BCUT2D eigenvalue weighted by atomic mass is 32.2. The number of amides is 1. The first kappa shape index (κ1) is 15.6. The average Bonchev–Trinajstić information content (AvgIpc) is 2.35. The van der Waals surface area contributed by atoms with Gasteiger partial charge in [-0.3, -0.25) is 4.79 Å². The fraction of sp³-hybridized carbons (Fsp3) is 0.538. The lowest BCUT2D eigenvalue weighted by Gasteiger charge is -2.18. The molecule has 1 rings (SSSR count). The molecule has 104 valence electrons. The van der Waals surface area contributed by atoms with Crippen molar-refractivity contribution < 1.29 is 4.79 Å². The van der Waals surface area contributed by atoms with Crippen molar-refractivity contribution in [3.05, 3.63) is 18.5 Å². The molecule has 0 radical (unpaired) electrons. The van der Waals surface area contributed by atoms with Crippen LogP contribution in [0.1, 0.15) is 34.6 Å². The van der Waals surface area contributed by atoms with E-state index < -0.39 is 0 Å². The summed E-state index contributed by atoms with van der Waals surface area (Å²) in [6.45, 7) is 9.85. The standard InChI is InChI=1S/C13H20N4OS/c1-9(19-12-14-7-6-8-15-12)11(18)17-16-10(2)13(3,4)5/h6-9H,1-5H3,(H,17,18)/b16-10+/t9-/m1/s1. The highest BCUT2D eigenvalue weighted by Crippen LogP contribution is 2.18. The van der Waals surface area contributed by atoms with Crippen LogP contribution in [0.15, 0.2) is 28.7 Å². The summed E-state index contributed by atoms with van der Waals surface area (Å²) in [5.74, 6) is -0.152. The Balaban J connectivity index is 2.55. The smallest absolute Gasteiger partial charge is 0.253 e. The largest absolute Gasteiger partial charge is 0.272 e. The maximum Gasteiger partial charge on any atom is 0.253 e. The second kappa shape index (κ2) is 6.65. The molecule has 5 nitrogen and oxygen atoms in total. The second-order valence-electron chi connectivity index (χ2n) is 5.21. The monoisotopic (exact) mass is 280 g/mol. The maximum atomic E-state index is 11.9. The molecule has 0 bridgehead atoms. The van der Waals surface area contributed by atoms with Crippen LogP contribution in [0.3, 0.4) is 0 Å². The van der Waals surface area contributed by atoms with Crippen LogP contribution in [0.5, 0.6) is 0 Å². The van der Waals surface area contributed by atoms with Crippen molar-refractivity contribution in [1.82, 2.24) is 15.4 Å². The molecule has 0 aliphatic carbocycles. The minimum absolute atomic E-state index is 0.0494. The van der Waals surface area contributed by atoms with E-state index in [2.05, 4.69) is 20.5 Å². The Kier molecular flexibility index (Phi) is 5.47. The van der Waals surface area contributed by atoms with Gasteiger partial charge in [0.05, 0.1) is 5.25 Å². The molecule has 1 aromatic heterocycles. The highest BCUT2D eigenvalue weighted by molar-refractivity contribution is 8.00. The van der Waals surface area contributed by atoms with Crippen molar-refractivity contribution in [2.45, 2.75) is 45.0 Å². The molecule has 1 aromatic rings. The molecule has 1 heterocycles. The summed E-state index contributed by atoms with van der Waals surface area (Å²) in [4.78, 5) is 20.0. The third-order valence-corrected chi connectivity index (χ3v) is 3.60. The second-order valence-corrected chi connectivity index (χ2v) is 6.52. The predicted molar refractivity (Wildman–Crippen MR) is 78.1 cm³/mol. The minimum atomic E-state index is -0.293. The fourth-order valence-corrected chi connectivity index (χ4v) is 1.67. The van der Waals surface area contributed by atoms with E-state index in [1.165, 1.54) is 11.8 Å². The van der Waals surface area contributed by atoms with E-state index in [0.717, 1.165) is 5.71 Å². The van der Waals surface area contributed by atoms with Gasteiger partial charge >= 0.3 is 0 Å². The van der Waals surface area contributed by atoms with E-state index >= 15 is 0 Å². The van der Waals surface area contributed by atoms with E-state index in [0.29, 0.717) is 5.16 Å². The lowest BCUT2D eigenvalue weighted by molar-refractivity contribution is -0.120. The number of carbonyl (C=O) groups is 1. The van der Waals surface area contributed by atoms with Gasteiger partial charge in [-0.1, -0.05) is 32.5 Å². The Morgan fingerprint density at radius 2 is 1.95 bits per heavy atom. The number of thioether (sulfide) groups is 1. The summed E-state index contributed by atoms with van der Waals surface area (Å²) in [6.07, 6.45) is 3.31. The molecule has 0 spiro atoms. The molecule has 0 saturated carbocycles. The molecule has 19 heavy (non-hydrogen) atoms. The molecule has 0 unspecified atom stereocenters. The molecule has 0 saturated heterocycles. The molecule has 0 fully saturated rings. The lowest BCUT2D eigenvalue weighted by Crippen LogP contribution is -2.30. The summed E-state index contributed by atoms with van der Waals surface area (Å²) < 4.78 is 0. The van der Waals surface area contributed by atoms with Crippen molar-refractivity contribution >= 4 is 23.4 Å². The van der Waals surface area contributed by atoms with E-state index in [4.69, 9.17) is 0 Å². The summed E-state index contributed by atoms with van der Waals surface area (Å²) in [5.41, 5.74) is 3.42. The summed E-state index contributed by atoms with van der Waals surface area (Å²) >= 11 is 1.31. The van der Waals surface area contributed by atoms with Gasteiger partial charge in [-0.05, 0) is 19.9 Å². The van der Waals surface area contributed by atoms with Crippen LogP contribution in [0.4, 0.5) is 0 Å². The number of hydrogen-bond acceptors (Lipinski definition) is 5. The van der Waals surface area contributed by atoms with Crippen molar-refractivity contribution in [3.63, 3.8) is 0 Å². The number of nitrogens with one attached hydrogen (secondary N) is 1. The summed E-state index contributed by atoms with van der Waals surface area (Å²) in [5, 5.41) is 4.41. The molecular weight excluding hydrogens is 260 g/mol. The number of hydrogen-bond donors (Lipinski definition) is 1. The Morgan fingerprint density at radius 3 is 2.47 bits per heavy atom. The SMILES string of the molecule is C/C(=N\NC(=O)[C@@H](C)Sc1ncccn1)C(C)(C)C. The predicted octanol–water partition coefficient (Wildman–Crippen LogP) is 2.50.